The molecule has 0 fully saturated rings. The molecule has 0 spiro atoms. The molecule has 0 radical (unpaired) electrons. The molecule has 2 N–H and O–H groups in total. The Hall–Kier alpha value is -0.910. The van der Waals surface area contributed by atoms with Crippen molar-refractivity contribution < 1.29 is 9.59 Å². The molecule has 0 aromatic heterocycles. The number of rotatable bonds is 6. The van der Waals surface area contributed by atoms with Gasteiger partial charge in [-0.3, -0.25) is 9.59 Å². The minimum absolute atomic E-state index is 0.0830. The Labute approximate surface area is 132 Å². The zero-order valence-corrected chi connectivity index (χ0v) is 13.6. The maximum Gasteiger partial charge on any atom is 0.237 e. The van der Waals surface area contributed by atoms with Gasteiger partial charge < -0.3 is 10.6 Å². The van der Waals surface area contributed by atoms with Gasteiger partial charge in [0.2, 0.25) is 11.8 Å². The van der Waals surface area contributed by atoms with Crippen LogP contribution in [0.15, 0.2) is 23.1 Å². The number of carbonyl (C=O) groups is 2. The lowest BCUT2D eigenvalue weighted by atomic mass is 10.3. The van der Waals surface area contributed by atoms with Crippen LogP contribution >= 0.6 is 35.0 Å². The Morgan fingerprint density at radius 3 is 2.55 bits per heavy atom. The fraction of sp³-hybridized carbons (Fsp3) is 0.385. The van der Waals surface area contributed by atoms with E-state index in [1.165, 1.54) is 16.7 Å². The smallest absolute Gasteiger partial charge is 0.237 e. The van der Waals surface area contributed by atoms with Crippen LogP contribution in [0.25, 0.3) is 0 Å². The van der Waals surface area contributed by atoms with Crippen molar-refractivity contribution in [3.63, 3.8) is 0 Å². The first-order valence-corrected chi connectivity index (χ1v) is 7.71. The first-order chi connectivity index (χ1) is 9.31. The number of halogens is 2. The van der Waals surface area contributed by atoms with E-state index in [4.69, 9.17) is 28.9 Å². The van der Waals surface area contributed by atoms with Crippen LogP contribution in [0.3, 0.4) is 0 Å². The van der Waals surface area contributed by atoms with E-state index in [-0.39, 0.29) is 24.2 Å². The molecule has 2 amide bonds. The van der Waals surface area contributed by atoms with Gasteiger partial charge in [-0.25, -0.2) is 0 Å². The van der Waals surface area contributed by atoms with Gasteiger partial charge in [-0.2, -0.15) is 0 Å². The summed E-state index contributed by atoms with van der Waals surface area (Å²) in [4.78, 5) is 25.3. The molecular formula is C13H16Cl2N2O2S. The highest BCUT2D eigenvalue weighted by atomic mass is 35.5. The SMILES string of the molecule is CC(C)N(CC(N)=O)C(=O)CSc1cc(Cl)ccc1Cl. The average Bonchev–Trinajstić information content (AvgIpc) is 2.36. The number of thioether (sulfide) groups is 1. The summed E-state index contributed by atoms with van der Waals surface area (Å²) in [7, 11) is 0. The fourth-order valence-electron chi connectivity index (χ4n) is 1.54. The standard InChI is InChI=1S/C13H16Cl2N2O2S/c1-8(2)17(6-12(16)18)13(19)7-20-11-5-9(14)3-4-10(11)15/h3-5,8H,6-7H2,1-2H3,(H2,16,18). The summed E-state index contributed by atoms with van der Waals surface area (Å²) < 4.78 is 0. The summed E-state index contributed by atoms with van der Waals surface area (Å²) >= 11 is 13.2. The number of amides is 2. The number of benzene rings is 1. The lowest BCUT2D eigenvalue weighted by Gasteiger charge is -2.25. The Bertz CT molecular complexity index is 509. The van der Waals surface area contributed by atoms with Crippen molar-refractivity contribution in [1.82, 2.24) is 4.90 Å². The van der Waals surface area contributed by atoms with Crippen molar-refractivity contribution in [3.05, 3.63) is 28.2 Å². The number of primary amides is 1. The Morgan fingerprint density at radius 2 is 2.00 bits per heavy atom. The van der Waals surface area contributed by atoms with Crippen LogP contribution in [0.5, 0.6) is 0 Å². The molecule has 0 heterocycles. The van der Waals surface area contributed by atoms with Crippen molar-refractivity contribution in [2.75, 3.05) is 12.3 Å². The zero-order valence-electron chi connectivity index (χ0n) is 11.2. The van der Waals surface area contributed by atoms with Gasteiger partial charge in [0.15, 0.2) is 0 Å². The summed E-state index contributed by atoms with van der Waals surface area (Å²) in [5.41, 5.74) is 5.14. The maximum absolute atomic E-state index is 12.1. The van der Waals surface area contributed by atoms with Gasteiger partial charge in [-0.15, -0.1) is 11.8 Å². The predicted molar refractivity (Wildman–Crippen MR) is 83.2 cm³/mol. The molecule has 0 unspecified atom stereocenters. The minimum atomic E-state index is -0.530. The molecule has 0 aliphatic carbocycles. The van der Waals surface area contributed by atoms with E-state index in [9.17, 15) is 9.59 Å². The number of hydrogen-bond donors (Lipinski definition) is 1. The molecule has 1 aromatic rings. The molecule has 1 aromatic carbocycles. The molecule has 0 aliphatic heterocycles. The van der Waals surface area contributed by atoms with E-state index >= 15 is 0 Å². The summed E-state index contributed by atoms with van der Waals surface area (Å²) in [6.45, 7) is 3.58. The fourth-order valence-corrected chi connectivity index (χ4v) is 2.92. The molecule has 110 valence electrons. The van der Waals surface area contributed by atoms with Crippen LogP contribution in [0.1, 0.15) is 13.8 Å². The van der Waals surface area contributed by atoms with Crippen molar-refractivity contribution in [3.8, 4) is 0 Å². The van der Waals surface area contributed by atoms with Crippen molar-refractivity contribution >= 4 is 46.8 Å². The first kappa shape index (κ1) is 17.1. The van der Waals surface area contributed by atoms with Gasteiger partial charge in [0.25, 0.3) is 0 Å². The van der Waals surface area contributed by atoms with Crippen molar-refractivity contribution in [2.45, 2.75) is 24.8 Å². The quantitative estimate of drug-likeness (QED) is 0.813. The van der Waals surface area contributed by atoms with E-state index in [1.54, 1.807) is 18.2 Å². The molecule has 7 heteroatoms. The molecule has 0 atom stereocenters. The third kappa shape index (κ3) is 5.23. The topological polar surface area (TPSA) is 63.4 Å². The molecule has 0 bridgehead atoms. The molecule has 4 nitrogen and oxygen atoms in total. The monoisotopic (exact) mass is 334 g/mol. The van der Waals surface area contributed by atoms with Gasteiger partial charge in [0, 0.05) is 16.0 Å². The third-order valence-electron chi connectivity index (χ3n) is 2.51. The first-order valence-electron chi connectivity index (χ1n) is 5.97. The van der Waals surface area contributed by atoms with Crippen LogP contribution in [0.4, 0.5) is 0 Å². The Morgan fingerprint density at radius 1 is 1.35 bits per heavy atom. The third-order valence-corrected chi connectivity index (χ3v) is 4.23. The van der Waals surface area contributed by atoms with Crippen molar-refractivity contribution in [1.29, 1.82) is 0 Å². The number of nitrogens with two attached hydrogens (primary N) is 1. The van der Waals surface area contributed by atoms with E-state index < -0.39 is 5.91 Å². The van der Waals surface area contributed by atoms with Gasteiger partial charge in [-0.1, -0.05) is 23.2 Å². The highest BCUT2D eigenvalue weighted by Crippen LogP contribution is 2.30. The Balaban J connectivity index is 2.69. The van der Waals surface area contributed by atoms with Crippen molar-refractivity contribution in [2.24, 2.45) is 5.73 Å². The summed E-state index contributed by atoms with van der Waals surface area (Å²) in [6.07, 6.45) is 0. The summed E-state index contributed by atoms with van der Waals surface area (Å²) in [6, 6.07) is 4.98. The van der Waals surface area contributed by atoms with E-state index in [0.717, 1.165) is 4.90 Å². The average molecular weight is 335 g/mol. The Kier molecular flexibility index (Phi) is 6.65. The predicted octanol–water partition coefficient (Wildman–Crippen LogP) is 2.81. The van der Waals surface area contributed by atoms with Crippen LogP contribution in [0, 0.1) is 0 Å². The second-order valence-electron chi connectivity index (χ2n) is 4.45. The minimum Gasteiger partial charge on any atom is -0.368 e. The molecule has 0 saturated carbocycles. The van der Waals surface area contributed by atoms with E-state index in [2.05, 4.69) is 0 Å². The van der Waals surface area contributed by atoms with Gasteiger partial charge in [0.1, 0.15) is 0 Å². The highest BCUT2D eigenvalue weighted by Gasteiger charge is 2.19. The highest BCUT2D eigenvalue weighted by molar-refractivity contribution is 8.00. The number of nitrogens with zero attached hydrogens (tertiary/aromatic N) is 1. The van der Waals surface area contributed by atoms with Crippen LogP contribution in [-0.4, -0.2) is 35.1 Å². The molecule has 1 rings (SSSR count). The van der Waals surface area contributed by atoms with Crippen LogP contribution in [-0.2, 0) is 9.59 Å². The molecular weight excluding hydrogens is 319 g/mol. The molecule has 0 aliphatic rings. The maximum atomic E-state index is 12.1. The second-order valence-corrected chi connectivity index (χ2v) is 6.31. The lowest BCUT2D eigenvalue weighted by Crippen LogP contribution is -2.43. The molecule has 20 heavy (non-hydrogen) atoms. The second kappa shape index (κ2) is 7.76. The molecule has 0 saturated heterocycles. The summed E-state index contributed by atoms with van der Waals surface area (Å²) in [5, 5.41) is 1.10. The lowest BCUT2D eigenvalue weighted by molar-refractivity contribution is -0.134. The van der Waals surface area contributed by atoms with Crippen LogP contribution < -0.4 is 5.73 Å². The normalized spacial score (nSPS) is 10.7. The van der Waals surface area contributed by atoms with E-state index in [1.807, 2.05) is 13.8 Å². The van der Waals surface area contributed by atoms with E-state index in [0.29, 0.717) is 10.0 Å². The number of carbonyl (C=O) groups excluding carboxylic acids is 2. The van der Waals surface area contributed by atoms with Gasteiger partial charge >= 0.3 is 0 Å². The van der Waals surface area contributed by atoms with Gasteiger partial charge in [0.05, 0.1) is 17.3 Å². The largest absolute Gasteiger partial charge is 0.368 e. The summed E-state index contributed by atoms with van der Waals surface area (Å²) in [5.74, 6) is -0.524. The number of hydrogen-bond acceptors (Lipinski definition) is 3. The zero-order chi connectivity index (χ0) is 15.3. The van der Waals surface area contributed by atoms with Crippen LogP contribution in [0.2, 0.25) is 10.0 Å². The van der Waals surface area contributed by atoms with Gasteiger partial charge in [-0.05, 0) is 32.0 Å².